The van der Waals surface area contributed by atoms with Crippen LogP contribution in [-0.2, 0) is 0 Å². The molecule has 0 spiro atoms. The molecule has 0 saturated carbocycles. The summed E-state index contributed by atoms with van der Waals surface area (Å²) in [6.45, 7) is 1.85. The van der Waals surface area contributed by atoms with Crippen molar-refractivity contribution in [2.75, 3.05) is 0 Å². The molecule has 0 unspecified atom stereocenters. The second-order valence-electron chi connectivity index (χ2n) is 3.57. The zero-order valence-corrected chi connectivity index (χ0v) is 10.3. The fourth-order valence-electron chi connectivity index (χ4n) is 1.34. The molecule has 0 saturated heterocycles. The van der Waals surface area contributed by atoms with E-state index < -0.39 is 5.56 Å². The van der Waals surface area contributed by atoms with Crippen LogP contribution in [0, 0.1) is 11.7 Å². The first-order valence-corrected chi connectivity index (χ1v) is 5.50. The minimum Gasteiger partial charge on any atom is -0.494 e. The zero-order chi connectivity index (χ0) is 13.1. The maximum absolute atomic E-state index is 11.6. The first-order chi connectivity index (χ1) is 8.58. The van der Waals surface area contributed by atoms with Gasteiger partial charge in [-0.3, -0.25) is 9.78 Å². The molecular formula is C11H10N4O2S. The molecule has 2 aromatic heterocycles. The molecule has 0 atom stereocenters. The van der Waals surface area contributed by atoms with E-state index in [2.05, 4.69) is 19.9 Å². The third-order valence-electron chi connectivity index (χ3n) is 2.26. The van der Waals surface area contributed by atoms with Crippen molar-refractivity contribution in [2.45, 2.75) is 6.92 Å². The van der Waals surface area contributed by atoms with E-state index in [0.29, 0.717) is 5.82 Å². The number of H-pyrrole nitrogens is 2. The zero-order valence-electron chi connectivity index (χ0n) is 9.47. The Balaban J connectivity index is 2.45. The van der Waals surface area contributed by atoms with E-state index in [4.69, 9.17) is 12.2 Å². The van der Waals surface area contributed by atoms with E-state index in [1.54, 1.807) is 12.3 Å². The predicted octanol–water partition coefficient (Wildman–Crippen LogP) is 1.59. The molecular weight excluding hydrogens is 252 g/mol. The Labute approximate surface area is 107 Å². The summed E-state index contributed by atoms with van der Waals surface area (Å²) in [5, 5.41) is 9.57. The average molecular weight is 262 g/mol. The van der Waals surface area contributed by atoms with E-state index in [1.165, 1.54) is 6.21 Å². The minimum absolute atomic E-state index is 0.00801. The Hall–Kier alpha value is -2.28. The normalized spacial score (nSPS) is 10.9. The second kappa shape index (κ2) is 4.92. The van der Waals surface area contributed by atoms with E-state index in [-0.39, 0.29) is 16.2 Å². The predicted molar refractivity (Wildman–Crippen MR) is 70.1 cm³/mol. The molecule has 2 rings (SSSR count). The molecule has 0 amide bonds. The van der Waals surface area contributed by atoms with Gasteiger partial charge in [0.05, 0.1) is 0 Å². The Kier molecular flexibility index (Phi) is 3.33. The Morgan fingerprint density at radius 1 is 1.50 bits per heavy atom. The van der Waals surface area contributed by atoms with Gasteiger partial charge in [-0.05, 0) is 30.8 Å². The molecule has 0 aromatic carbocycles. The van der Waals surface area contributed by atoms with Crippen molar-refractivity contribution in [3.63, 3.8) is 0 Å². The highest BCUT2D eigenvalue weighted by Crippen LogP contribution is 2.13. The number of nitrogens with zero attached hydrogens (tertiary/aromatic N) is 2. The van der Waals surface area contributed by atoms with Crippen molar-refractivity contribution in [3.8, 4) is 5.88 Å². The van der Waals surface area contributed by atoms with Crippen LogP contribution in [-0.4, -0.2) is 26.3 Å². The van der Waals surface area contributed by atoms with Gasteiger partial charge in [-0.2, -0.15) is 0 Å². The lowest BCUT2D eigenvalue weighted by Crippen LogP contribution is -2.13. The van der Waals surface area contributed by atoms with E-state index in [1.807, 2.05) is 13.0 Å². The van der Waals surface area contributed by atoms with Gasteiger partial charge in [0, 0.05) is 12.4 Å². The summed E-state index contributed by atoms with van der Waals surface area (Å²) >= 11 is 4.72. The highest BCUT2D eigenvalue weighted by molar-refractivity contribution is 7.71. The monoisotopic (exact) mass is 262 g/mol. The van der Waals surface area contributed by atoms with Gasteiger partial charge in [0.15, 0.2) is 10.6 Å². The third kappa shape index (κ3) is 2.51. The number of hydrogen-bond donors (Lipinski definition) is 3. The molecule has 92 valence electrons. The molecule has 0 aliphatic heterocycles. The minimum atomic E-state index is -0.506. The lowest BCUT2D eigenvalue weighted by Gasteiger charge is -1.98. The number of hydrogen-bond acceptors (Lipinski definition) is 5. The fourth-order valence-corrected chi connectivity index (χ4v) is 1.53. The number of aromatic nitrogens is 3. The van der Waals surface area contributed by atoms with Crippen LogP contribution in [0.15, 0.2) is 28.1 Å². The number of pyridine rings is 1. The van der Waals surface area contributed by atoms with Crippen molar-refractivity contribution >= 4 is 24.3 Å². The summed E-state index contributed by atoms with van der Waals surface area (Å²) in [6, 6.07) is 3.64. The number of rotatable bonds is 2. The summed E-state index contributed by atoms with van der Waals surface area (Å²) in [5.74, 6) is 0.167. The van der Waals surface area contributed by atoms with Crippen molar-refractivity contribution in [3.05, 3.63) is 44.6 Å². The Morgan fingerprint density at radius 3 is 2.94 bits per heavy atom. The number of nitrogens with one attached hydrogen (secondary N) is 2. The van der Waals surface area contributed by atoms with Gasteiger partial charge in [0.25, 0.3) is 5.56 Å². The fraction of sp³-hybridized carbons (Fsp3) is 0.0909. The van der Waals surface area contributed by atoms with Crippen LogP contribution in [0.1, 0.15) is 11.1 Å². The highest BCUT2D eigenvalue weighted by atomic mass is 32.1. The van der Waals surface area contributed by atoms with E-state index in [0.717, 1.165) is 5.56 Å². The van der Waals surface area contributed by atoms with Gasteiger partial charge in [-0.25, -0.2) is 9.98 Å². The van der Waals surface area contributed by atoms with Crippen LogP contribution < -0.4 is 5.56 Å². The largest absolute Gasteiger partial charge is 0.494 e. The van der Waals surface area contributed by atoms with Gasteiger partial charge >= 0.3 is 0 Å². The van der Waals surface area contributed by atoms with Crippen LogP contribution in [0.2, 0.25) is 0 Å². The van der Waals surface area contributed by atoms with Crippen LogP contribution in [0.3, 0.4) is 0 Å². The van der Waals surface area contributed by atoms with Crippen LogP contribution in [0.4, 0.5) is 5.82 Å². The molecule has 2 aromatic rings. The molecule has 6 nitrogen and oxygen atoms in total. The van der Waals surface area contributed by atoms with Crippen LogP contribution >= 0.6 is 12.2 Å². The van der Waals surface area contributed by atoms with Crippen molar-refractivity contribution in [1.29, 1.82) is 0 Å². The summed E-state index contributed by atoms with van der Waals surface area (Å²) in [7, 11) is 0. The van der Waals surface area contributed by atoms with Gasteiger partial charge in [0.2, 0.25) is 5.88 Å². The molecule has 0 aliphatic carbocycles. The summed E-state index contributed by atoms with van der Waals surface area (Å²) < 4.78 is 0.0590. The molecule has 18 heavy (non-hydrogen) atoms. The quantitative estimate of drug-likeness (QED) is 0.566. The number of aliphatic imine (C=N–C) groups is 1. The summed E-state index contributed by atoms with van der Waals surface area (Å²) in [5.41, 5.74) is 0.371. The molecule has 0 fully saturated rings. The second-order valence-corrected chi connectivity index (χ2v) is 3.98. The Morgan fingerprint density at radius 2 is 2.28 bits per heavy atom. The summed E-state index contributed by atoms with van der Waals surface area (Å²) in [6.07, 6.45) is 2.84. The topological polar surface area (TPSA) is 94.1 Å². The van der Waals surface area contributed by atoms with Crippen molar-refractivity contribution in [2.24, 2.45) is 4.99 Å². The maximum Gasteiger partial charge on any atom is 0.264 e. The Bertz CT molecular complexity index is 717. The molecule has 2 heterocycles. The van der Waals surface area contributed by atoms with Gasteiger partial charge in [-0.1, -0.05) is 6.07 Å². The highest BCUT2D eigenvalue weighted by Gasteiger charge is 2.04. The van der Waals surface area contributed by atoms with Crippen LogP contribution in [0.5, 0.6) is 5.88 Å². The van der Waals surface area contributed by atoms with Crippen LogP contribution in [0.25, 0.3) is 0 Å². The molecule has 0 bridgehead atoms. The maximum atomic E-state index is 11.6. The third-order valence-corrected chi connectivity index (χ3v) is 2.46. The molecule has 7 heteroatoms. The molecule has 0 aliphatic rings. The lowest BCUT2D eigenvalue weighted by molar-refractivity contribution is 0.449. The van der Waals surface area contributed by atoms with Crippen molar-refractivity contribution in [1.82, 2.24) is 15.0 Å². The lowest BCUT2D eigenvalue weighted by atomic mass is 10.3. The average Bonchev–Trinajstić information content (AvgIpc) is 2.30. The number of aromatic hydroxyl groups is 1. The van der Waals surface area contributed by atoms with Gasteiger partial charge < -0.3 is 10.1 Å². The van der Waals surface area contributed by atoms with Gasteiger partial charge in [-0.15, -0.1) is 0 Å². The standard InChI is InChI=1S/C11H10N4O2S/c1-6-3-2-4-12-8(6)13-5-7-9(16)14-11(18)15-10(7)17/h2-5H,1H3,(H3,14,15,16,17,18). The first-order valence-electron chi connectivity index (χ1n) is 5.09. The smallest absolute Gasteiger partial charge is 0.264 e. The van der Waals surface area contributed by atoms with E-state index >= 15 is 0 Å². The molecule has 3 N–H and O–H groups in total. The van der Waals surface area contributed by atoms with Crippen molar-refractivity contribution < 1.29 is 5.11 Å². The van der Waals surface area contributed by atoms with Gasteiger partial charge in [0.1, 0.15) is 5.56 Å². The SMILES string of the molecule is Cc1cccnc1N=Cc1c(O)[nH]c(=S)[nH]c1=O. The summed E-state index contributed by atoms with van der Waals surface area (Å²) in [4.78, 5) is 24.5. The number of aryl methyl sites for hydroxylation is 1. The van der Waals surface area contributed by atoms with E-state index in [9.17, 15) is 9.90 Å². The molecule has 0 radical (unpaired) electrons. The number of aromatic amines is 2. The first kappa shape index (κ1) is 12.2.